The average molecular weight is 1100 g/mol. The van der Waals surface area contributed by atoms with Crippen molar-refractivity contribution < 1.29 is 75.0 Å². The Kier molecular flexibility index (Phi) is 104. The molecule has 1 rings (SSSR count). The van der Waals surface area contributed by atoms with Crippen LogP contribution in [0.5, 0.6) is 0 Å². The Morgan fingerprint density at radius 3 is 0.934 bits per heavy atom. The Bertz CT molecular complexity index is 1090. The molecule has 0 heterocycles. The van der Waals surface area contributed by atoms with E-state index in [0.29, 0.717) is 45.6 Å². The molecule has 0 aromatic heterocycles. The van der Waals surface area contributed by atoms with Gasteiger partial charge in [-0.2, -0.15) is 0 Å². The summed E-state index contributed by atoms with van der Waals surface area (Å²) in [5, 5.41) is 81.4. The number of carboxylic acids is 5. The fourth-order valence-corrected chi connectivity index (χ4v) is 6.53. The van der Waals surface area contributed by atoms with Gasteiger partial charge in [0.15, 0.2) is 5.92 Å². The molecule has 0 saturated heterocycles. The lowest BCUT2D eigenvalue weighted by Crippen LogP contribution is -2.23. The van der Waals surface area contributed by atoms with Gasteiger partial charge in [-0.15, -0.1) is 0 Å². The zero-order valence-corrected chi connectivity index (χ0v) is 48.3. The summed E-state index contributed by atoms with van der Waals surface area (Å²) >= 11 is 0. The van der Waals surface area contributed by atoms with Crippen molar-refractivity contribution in [2.24, 2.45) is 40.5 Å². The third-order valence-electron chi connectivity index (χ3n) is 10.8. The van der Waals surface area contributed by atoms with Crippen molar-refractivity contribution in [3.8, 4) is 0 Å². The summed E-state index contributed by atoms with van der Waals surface area (Å²) in [7, 11) is 0. The first-order valence-corrected chi connectivity index (χ1v) is 28.9. The molecule has 0 aromatic carbocycles. The lowest BCUT2D eigenvalue weighted by Gasteiger charge is -2.16. The van der Waals surface area contributed by atoms with Gasteiger partial charge in [0.05, 0.1) is 39.0 Å². The second-order valence-electron chi connectivity index (χ2n) is 18.1. The minimum absolute atomic E-state index is 0.0289. The molecular formula is C56H121N5O15. The summed E-state index contributed by atoms with van der Waals surface area (Å²) in [6.45, 7) is 9.02. The van der Waals surface area contributed by atoms with Gasteiger partial charge < -0.3 is 79.7 Å². The molecule has 0 aliphatic heterocycles. The van der Waals surface area contributed by atoms with Gasteiger partial charge in [0, 0.05) is 45.2 Å². The monoisotopic (exact) mass is 1100 g/mol. The van der Waals surface area contributed by atoms with E-state index in [4.69, 9.17) is 79.7 Å². The Morgan fingerprint density at radius 2 is 0.697 bits per heavy atom. The number of allylic oxidation sites excluding steroid dienone is 1. The highest BCUT2D eigenvalue weighted by Crippen LogP contribution is 2.23. The molecule has 1 saturated carbocycles. The standard InChI is InChI=1S/C14H26O4.C13H24O2.C12H24O2.C7H12O2.5C2H7NO/c1-2-3-4-5-6-7-8-9-10-11-12(13(15)16)14(17)18;1-2-3-4-5-6-7-8-9-10-11-12-13(14)15;1-2-3-4-5-6-7-8-9-10-11-12(13)14;8-7(9)6-4-2-1-3-5-6;5*3-1-2-4/h12H,2-11H2,1H3,(H,15,16)(H,17,18);11-12H,2-10H2,1H3,(H,14,15);2-11H2,1H3,(H,13,14);6H,1-5H2,(H,8,9);5*4H,1-3H2. The summed E-state index contributed by atoms with van der Waals surface area (Å²) in [5.74, 6) is -5.80. The van der Waals surface area contributed by atoms with Crippen molar-refractivity contribution in [1.82, 2.24) is 0 Å². The van der Waals surface area contributed by atoms with Gasteiger partial charge >= 0.3 is 29.8 Å². The predicted molar refractivity (Wildman–Crippen MR) is 309 cm³/mol. The van der Waals surface area contributed by atoms with Crippen molar-refractivity contribution in [2.75, 3.05) is 65.8 Å². The fraction of sp³-hybridized carbons (Fsp3) is 0.875. The maximum Gasteiger partial charge on any atom is 0.327 e. The normalized spacial score (nSPS) is 11.2. The molecule has 76 heavy (non-hydrogen) atoms. The number of carboxylic acid groups (broad SMARTS) is 5. The van der Waals surface area contributed by atoms with Gasteiger partial charge in [-0.3, -0.25) is 19.2 Å². The second kappa shape index (κ2) is 88.3. The van der Waals surface area contributed by atoms with Crippen molar-refractivity contribution in [3.63, 3.8) is 0 Å². The van der Waals surface area contributed by atoms with E-state index in [-0.39, 0.29) is 45.4 Å². The van der Waals surface area contributed by atoms with E-state index in [9.17, 15) is 24.0 Å². The third-order valence-corrected chi connectivity index (χ3v) is 10.8. The van der Waals surface area contributed by atoms with Gasteiger partial charge in [-0.1, -0.05) is 200 Å². The smallest absolute Gasteiger partial charge is 0.327 e. The molecule has 0 atom stereocenters. The van der Waals surface area contributed by atoms with Crippen LogP contribution in [0.2, 0.25) is 0 Å². The number of unbranched alkanes of at least 4 members (excludes halogenated alkanes) is 24. The molecule has 0 unspecified atom stereocenters. The molecule has 0 radical (unpaired) electrons. The molecule has 20 nitrogen and oxygen atoms in total. The topological polar surface area (TPSA) is 418 Å². The fourth-order valence-electron chi connectivity index (χ4n) is 6.53. The van der Waals surface area contributed by atoms with Crippen LogP contribution >= 0.6 is 0 Å². The number of hydrogen-bond donors (Lipinski definition) is 15. The van der Waals surface area contributed by atoms with Crippen LogP contribution in [0.15, 0.2) is 12.2 Å². The maximum absolute atomic E-state index is 10.6. The van der Waals surface area contributed by atoms with Crippen LogP contribution in [0.25, 0.3) is 0 Å². The molecule has 1 aliphatic rings. The number of aliphatic hydroxyl groups excluding tert-OH is 5. The van der Waals surface area contributed by atoms with Gasteiger partial charge in [-0.05, 0) is 38.5 Å². The van der Waals surface area contributed by atoms with E-state index in [0.717, 1.165) is 64.2 Å². The number of hydrogen-bond acceptors (Lipinski definition) is 15. The predicted octanol–water partition coefficient (Wildman–Crippen LogP) is 8.18. The van der Waals surface area contributed by atoms with Crippen LogP contribution in [0.1, 0.15) is 239 Å². The van der Waals surface area contributed by atoms with Crippen LogP contribution in [0.3, 0.4) is 0 Å². The lowest BCUT2D eigenvalue weighted by atomic mass is 9.90. The lowest BCUT2D eigenvalue weighted by molar-refractivity contribution is -0.155. The quantitative estimate of drug-likeness (QED) is 0.0157. The van der Waals surface area contributed by atoms with E-state index < -0.39 is 35.8 Å². The Hall–Kier alpha value is -3.31. The average Bonchev–Trinajstić information content (AvgIpc) is 3.42. The van der Waals surface area contributed by atoms with E-state index >= 15 is 0 Å². The Balaban J connectivity index is -0.000000122. The van der Waals surface area contributed by atoms with Crippen LogP contribution < -0.4 is 28.7 Å². The highest BCUT2D eigenvalue weighted by Gasteiger charge is 2.24. The summed E-state index contributed by atoms with van der Waals surface area (Å²) in [6, 6.07) is 0. The molecule has 0 bridgehead atoms. The van der Waals surface area contributed by atoms with Gasteiger partial charge in [-0.25, -0.2) is 4.79 Å². The Morgan fingerprint density at radius 1 is 0.421 bits per heavy atom. The number of nitrogens with two attached hydrogens (primary N) is 5. The van der Waals surface area contributed by atoms with E-state index in [1.807, 2.05) is 0 Å². The van der Waals surface area contributed by atoms with Gasteiger partial charge in [0.1, 0.15) is 0 Å². The number of aliphatic hydroxyl groups is 5. The van der Waals surface area contributed by atoms with Crippen LogP contribution in [-0.2, 0) is 24.0 Å². The molecule has 0 aromatic rings. The second-order valence-corrected chi connectivity index (χ2v) is 18.1. The van der Waals surface area contributed by atoms with E-state index in [1.165, 1.54) is 141 Å². The first-order valence-electron chi connectivity index (χ1n) is 28.9. The van der Waals surface area contributed by atoms with Crippen molar-refractivity contribution >= 4 is 29.8 Å². The van der Waals surface area contributed by atoms with Crippen LogP contribution in [-0.4, -0.2) is 147 Å². The zero-order chi connectivity index (χ0) is 59.6. The number of rotatable bonds is 38. The highest BCUT2D eigenvalue weighted by molar-refractivity contribution is 5.92. The van der Waals surface area contributed by atoms with Crippen molar-refractivity contribution in [2.45, 2.75) is 239 Å². The molecule has 20 heteroatoms. The molecule has 1 aliphatic carbocycles. The Labute approximate surface area is 461 Å². The number of carbonyl (C=O) groups is 5. The molecule has 0 amide bonds. The molecule has 20 N–H and O–H groups in total. The third kappa shape index (κ3) is 111. The maximum atomic E-state index is 10.6. The molecule has 1 fully saturated rings. The molecular weight excluding hydrogens is 983 g/mol. The minimum atomic E-state index is -1.23. The summed E-state index contributed by atoms with van der Waals surface area (Å²) in [4.78, 5) is 52.0. The van der Waals surface area contributed by atoms with Crippen molar-refractivity contribution in [3.05, 3.63) is 12.2 Å². The zero-order valence-electron chi connectivity index (χ0n) is 48.3. The van der Waals surface area contributed by atoms with Crippen LogP contribution in [0, 0.1) is 11.8 Å². The molecule has 0 spiro atoms. The minimum Gasteiger partial charge on any atom is -0.481 e. The van der Waals surface area contributed by atoms with E-state index in [1.54, 1.807) is 6.08 Å². The number of aliphatic carboxylic acids is 5. The molecule has 460 valence electrons. The summed E-state index contributed by atoms with van der Waals surface area (Å²) in [6.07, 6.45) is 41.5. The van der Waals surface area contributed by atoms with Gasteiger partial charge in [0.25, 0.3) is 0 Å². The largest absolute Gasteiger partial charge is 0.481 e. The van der Waals surface area contributed by atoms with Crippen molar-refractivity contribution in [1.29, 1.82) is 0 Å². The SMILES string of the molecule is CCCCCCCCCCC=CC(=O)O.CCCCCCCCCCCC(=O)O.CCCCCCCCCCCC(C(=O)O)C(=O)O.NCCO.NCCO.NCCO.NCCO.NCCO.O=C(O)C1CCCCC1. The van der Waals surface area contributed by atoms with E-state index in [2.05, 4.69) is 20.8 Å². The summed E-state index contributed by atoms with van der Waals surface area (Å²) in [5.41, 5.74) is 23.9. The summed E-state index contributed by atoms with van der Waals surface area (Å²) < 4.78 is 0. The highest BCUT2D eigenvalue weighted by atomic mass is 16.4. The van der Waals surface area contributed by atoms with Crippen LogP contribution in [0.4, 0.5) is 0 Å². The first kappa shape index (κ1) is 89.3. The van der Waals surface area contributed by atoms with Gasteiger partial charge in [0.2, 0.25) is 0 Å². The first-order chi connectivity index (χ1) is 36.5.